The number of anilines is 1. The lowest BCUT2D eigenvalue weighted by molar-refractivity contribution is 0.500. The first-order valence-corrected chi connectivity index (χ1v) is 6.56. The molecule has 2 aromatic heterocycles. The largest absolute Gasteiger partial charge is 0.467 e. The van der Waals surface area contributed by atoms with Crippen molar-refractivity contribution >= 4 is 17.4 Å². The highest BCUT2D eigenvalue weighted by Gasteiger charge is 2.30. The summed E-state index contributed by atoms with van der Waals surface area (Å²) < 4.78 is 5.40. The van der Waals surface area contributed by atoms with Gasteiger partial charge in [-0.05, 0) is 25.0 Å². The van der Waals surface area contributed by atoms with Crippen molar-refractivity contribution in [3.05, 3.63) is 42.2 Å². The number of rotatable bonds is 5. The summed E-state index contributed by atoms with van der Waals surface area (Å²) in [5, 5.41) is 0. The lowest BCUT2D eigenvalue weighted by atomic mass is 10.3. The van der Waals surface area contributed by atoms with Gasteiger partial charge in [-0.25, -0.2) is 4.98 Å². The highest BCUT2D eigenvalue weighted by Crippen LogP contribution is 2.31. The Balaban J connectivity index is 1.80. The summed E-state index contributed by atoms with van der Waals surface area (Å²) >= 11 is 5.72. The Morgan fingerprint density at radius 2 is 2.22 bits per heavy atom. The summed E-state index contributed by atoms with van der Waals surface area (Å²) in [6.07, 6.45) is 7.64. The predicted molar refractivity (Wildman–Crippen MR) is 69.5 cm³/mol. The van der Waals surface area contributed by atoms with Crippen LogP contribution in [0.1, 0.15) is 24.3 Å². The van der Waals surface area contributed by atoms with E-state index in [2.05, 4.69) is 14.9 Å². The van der Waals surface area contributed by atoms with Gasteiger partial charge in [0.2, 0.25) is 0 Å². The molecular weight excluding hydrogens is 250 g/mol. The van der Waals surface area contributed by atoms with Gasteiger partial charge in [0, 0.05) is 6.04 Å². The second kappa shape index (κ2) is 4.98. The van der Waals surface area contributed by atoms with Crippen LogP contribution in [0.15, 0.2) is 35.2 Å². The molecule has 1 saturated carbocycles. The Morgan fingerprint density at radius 3 is 2.78 bits per heavy atom. The Bertz CT molecular complexity index is 493. The number of alkyl halides is 1. The van der Waals surface area contributed by atoms with E-state index in [4.69, 9.17) is 16.0 Å². The summed E-state index contributed by atoms with van der Waals surface area (Å²) in [6.45, 7) is 0.743. The van der Waals surface area contributed by atoms with Crippen LogP contribution in [0.5, 0.6) is 0 Å². The molecule has 5 heteroatoms. The Hall–Kier alpha value is -1.55. The Kier molecular flexibility index (Phi) is 3.19. The summed E-state index contributed by atoms with van der Waals surface area (Å²) in [5.41, 5.74) is 0.800. The molecular formula is C13H14ClN3O. The molecule has 0 atom stereocenters. The fourth-order valence-electron chi connectivity index (χ4n) is 1.92. The summed E-state index contributed by atoms with van der Waals surface area (Å²) in [7, 11) is 0. The molecule has 1 aliphatic carbocycles. The first-order chi connectivity index (χ1) is 8.86. The van der Waals surface area contributed by atoms with Crippen molar-refractivity contribution in [1.29, 1.82) is 0 Å². The van der Waals surface area contributed by atoms with Gasteiger partial charge in [0.25, 0.3) is 0 Å². The minimum atomic E-state index is 0.398. The minimum Gasteiger partial charge on any atom is -0.467 e. The maximum atomic E-state index is 5.72. The van der Waals surface area contributed by atoms with Gasteiger partial charge in [-0.15, -0.1) is 11.6 Å². The molecule has 0 aliphatic heterocycles. The molecule has 0 saturated heterocycles. The van der Waals surface area contributed by atoms with Gasteiger partial charge in [-0.1, -0.05) is 0 Å². The van der Waals surface area contributed by atoms with Crippen LogP contribution < -0.4 is 4.90 Å². The van der Waals surface area contributed by atoms with Gasteiger partial charge >= 0.3 is 0 Å². The molecule has 0 spiro atoms. The monoisotopic (exact) mass is 263 g/mol. The normalized spacial score (nSPS) is 14.7. The molecule has 3 rings (SSSR count). The lowest BCUT2D eigenvalue weighted by Crippen LogP contribution is -2.25. The third-order valence-corrected chi connectivity index (χ3v) is 3.29. The third-order valence-electron chi connectivity index (χ3n) is 3.02. The number of nitrogens with zero attached hydrogens (tertiary/aromatic N) is 3. The fourth-order valence-corrected chi connectivity index (χ4v) is 2.06. The number of hydrogen-bond donors (Lipinski definition) is 0. The average molecular weight is 264 g/mol. The van der Waals surface area contributed by atoms with Crippen LogP contribution in [0.4, 0.5) is 5.82 Å². The molecule has 94 valence electrons. The van der Waals surface area contributed by atoms with Gasteiger partial charge < -0.3 is 9.32 Å². The van der Waals surface area contributed by atoms with Crippen molar-refractivity contribution in [3.63, 3.8) is 0 Å². The van der Waals surface area contributed by atoms with Gasteiger partial charge in [0.1, 0.15) is 11.6 Å². The number of furan rings is 1. The van der Waals surface area contributed by atoms with E-state index in [9.17, 15) is 0 Å². The molecule has 1 fully saturated rings. The minimum absolute atomic E-state index is 0.398. The number of aromatic nitrogens is 2. The summed E-state index contributed by atoms with van der Waals surface area (Å²) in [4.78, 5) is 11.0. The Morgan fingerprint density at radius 1 is 1.33 bits per heavy atom. The van der Waals surface area contributed by atoms with E-state index in [0.717, 1.165) is 23.8 Å². The smallest absolute Gasteiger partial charge is 0.147 e. The summed E-state index contributed by atoms with van der Waals surface area (Å²) in [6, 6.07) is 4.45. The maximum absolute atomic E-state index is 5.72. The van der Waals surface area contributed by atoms with Crippen LogP contribution in [0.25, 0.3) is 0 Å². The zero-order valence-electron chi connectivity index (χ0n) is 9.92. The first kappa shape index (κ1) is 11.5. The highest BCUT2D eigenvalue weighted by atomic mass is 35.5. The Labute approximate surface area is 111 Å². The molecule has 4 nitrogen and oxygen atoms in total. The molecule has 2 heterocycles. The van der Waals surface area contributed by atoms with Crippen LogP contribution in [0, 0.1) is 0 Å². The van der Waals surface area contributed by atoms with E-state index in [1.807, 2.05) is 12.1 Å². The molecule has 2 aromatic rings. The van der Waals surface area contributed by atoms with Crippen LogP contribution >= 0.6 is 11.6 Å². The molecule has 0 aromatic carbocycles. The van der Waals surface area contributed by atoms with Crippen molar-refractivity contribution in [1.82, 2.24) is 9.97 Å². The van der Waals surface area contributed by atoms with Crippen LogP contribution in [0.3, 0.4) is 0 Å². The highest BCUT2D eigenvalue weighted by molar-refractivity contribution is 6.16. The molecule has 0 unspecified atom stereocenters. The van der Waals surface area contributed by atoms with Gasteiger partial charge in [0.15, 0.2) is 0 Å². The van der Waals surface area contributed by atoms with Crippen LogP contribution in [-0.4, -0.2) is 16.0 Å². The van der Waals surface area contributed by atoms with Crippen molar-refractivity contribution < 1.29 is 4.42 Å². The quantitative estimate of drug-likeness (QED) is 0.778. The zero-order valence-corrected chi connectivity index (χ0v) is 10.7. The third kappa shape index (κ3) is 2.48. The number of halogens is 1. The fraction of sp³-hybridized carbons (Fsp3) is 0.385. The van der Waals surface area contributed by atoms with Crippen molar-refractivity contribution in [2.75, 3.05) is 4.90 Å². The van der Waals surface area contributed by atoms with Crippen LogP contribution in [0.2, 0.25) is 0 Å². The summed E-state index contributed by atoms with van der Waals surface area (Å²) in [5.74, 6) is 2.24. The van der Waals surface area contributed by atoms with Crippen LogP contribution in [-0.2, 0) is 12.4 Å². The second-order valence-corrected chi connectivity index (χ2v) is 4.71. The zero-order chi connectivity index (χ0) is 12.4. The SMILES string of the molecule is ClCc1cnc(N(Cc2ccco2)C2CC2)cn1. The van der Waals surface area contributed by atoms with E-state index < -0.39 is 0 Å². The molecule has 0 N–H and O–H groups in total. The lowest BCUT2D eigenvalue weighted by Gasteiger charge is -2.21. The molecule has 1 aliphatic rings. The topological polar surface area (TPSA) is 42.2 Å². The average Bonchev–Trinajstić information content (AvgIpc) is 3.13. The standard InChI is InChI=1S/C13H14ClN3O/c14-6-10-7-16-13(8-15-10)17(11-3-4-11)9-12-2-1-5-18-12/h1-2,5,7-8,11H,3-4,6,9H2. The van der Waals surface area contributed by atoms with E-state index >= 15 is 0 Å². The second-order valence-electron chi connectivity index (χ2n) is 4.44. The van der Waals surface area contributed by atoms with Crippen molar-refractivity contribution in [3.8, 4) is 0 Å². The predicted octanol–water partition coefficient (Wildman–Crippen LogP) is 2.98. The van der Waals surface area contributed by atoms with Crippen molar-refractivity contribution in [2.24, 2.45) is 0 Å². The van der Waals surface area contributed by atoms with Gasteiger partial charge in [-0.2, -0.15) is 0 Å². The van der Waals surface area contributed by atoms with E-state index in [1.54, 1.807) is 18.7 Å². The number of hydrogen-bond acceptors (Lipinski definition) is 4. The molecule has 18 heavy (non-hydrogen) atoms. The first-order valence-electron chi connectivity index (χ1n) is 6.03. The van der Waals surface area contributed by atoms with E-state index in [0.29, 0.717) is 11.9 Å². The molecule has 0 bridgehead atoms. The maximum Gasteiger partial charge on any atom is 0.147 e. The molecule has 0 radical (unpaired) electrons. The van der Waals surface area contributed by atoms with E-state index in [1.165, 1.54) is 12.8 Å². The molecule has 0 amide bonds. The van der Waals surface area contributed by atoms with E-state index in [-0.39, 0.29) is 0 Å². The van der Waals surface area contributed by atoms with Gasteiger partial charge in [-0.3, -0.25) is 4.98 Å². The van der Waals surface area contributed by atoms with Gasteiger partial charge in [0.05, 0.1) is 36.8 Å². The van der Waals surface area contributed by atoms with Crippen molar-refractivity contribution in [2.45, 2.75) is 31.3 Å².